The fourth-order valence-corrected chi connectivity index (χ4v) is 3.73. The van der Waals surface area contributed by atoms with Crippen molar-refractivity contribution in [1.29, 1.82) is 0 Å². The summed E-state index contributed by atoms with van der Waals surface area (Å²) in [7, 11) is 0. The summed E-state index contributed by atoms with van der Waals surface area (Å²) in [6.07, 6.45) is 4.35. The van der Waals surface area contributed by atoms with Crippen molar-refractivity contribution in [2.45, 2.75) is 33.5 Å². The molecule has 4 rings (SSSR count). The maximum atomic E-state index is 13.0. The van der Waals surface area contributed by atoms with E-state index in [0.717, 1.165) is 11.3 Å². The van der Waals surface area contributed by atoms with Crippen LogP contribution in [0.4, 0.5) is 10.7 Å². The lowest BCUT2D eigenvalue weighted by molar-refractivity contribution is 0.0995. The Morgan fingerprint density at radius 1 is 1.13 bits per heavy atom. The average Bonchev–Trinajstić information content (AvgIpc) is 3.46. The summed E-state index contributed by atoms with van der Waals surface area (Å²) >= 11 is 0. The Kier molecular flexibility index (Phi) is 8.11. The number of benzene rings is 1. The van der Waals surface area contributed by atoms with E-state index in [1.165, 1.54) is 12.3 Å². The number of allylic oxidation sites excluding steroid dienone is 1. The van der Waals surface area contributed by atoms with Crippen molar-refractivity contribution >= 4 is 35.0 Å². The van der Waals surface area contributed by atoms with Gasteiger partial charge in [0.05, 0.1) is 11.3 Å². The third kappa shape index (κ3) is 6.22. The Bertz CT molecular complexity index is 1490. The number of alkyl carbamates (subject to hydrolysis) is 1. The smallest absolute Gasteiger partial charge is 0.407 e. The summed E-state index contributed by atoms with van der Waals surface area (Å²) in [5.41, 5.74) is 8.43. The van der Waals surface area contributed by atoms with Crippen molar-refractivity contribution in [1.82, 2.24) is 29.6 Å². The number of imidazole rings is 1. The predicted molar refractivity (Wildman–Crippen MR) is 140 cm³/mol. The van der Waals surface area contributed by atoms with Gasteiger partial charge < -0.3 is 15.8 Å². The third-order valence-corrected chi connectivity index (χ3v) is 5.56. The summed E-state index contributed by atoms with van der Waals surface area (Å²) in [4.78, 5) is 45.4. The van der Waals surface area contributed by atoms with Gasteiger partial charge in [0, 0.05) is 25.8 Å². The first-order valence-electron chi connectivity index (χ1n) is 12.0. The van der Waals surface area contributed by atoms with Crippen LogP contribution in [0.5, 0.6) is 0 Å². The number of nitrogens with zero attached hydrogens (tertiary/aromatic N) is 5. The molecule has 0 radical (unpaired) electrons. The maximum Gasteiger partial charge on any atom is 0.407 e. The minimum absolute atomic E-state index is 0.176. The van der Waals surface area contributed by atoms with E-state index < -0.39 is 12.0 Å². The average molecular weight is 517 g/mol. The summed E-state index contributed by atoms with van der Waals surface area (Å²) in [6.45, 7) is 4.92. The van der Waals surface area contributed by atoms with E-state index in [0.29, 0.717) is 23.4 Å². The van der Waals surface area contributed by atoms with Crippen LogP contribution in [0.1, 0.15) is 39.0 Å². The van der Waals surface area contributed by atoms with Crippen LogP contribution in [-0.2, 0) is 24.4 Å². The highest BCUT2D eigenvalue weighted by molar-refractivity contribution is 6.03. The number of anilines is 1. The van der Waals surface area contributed by atoms with Crippen molar-refractivity contribution in [2.75, 3.05) is 11.9 Å². The predicted octanol–water partition coefficient (Wildman–Crippen LogP) is 2.79. The summed E-state index contributed by atoms with van der Waals surface area (Å²) in [5, 5.41) is 9.78. The van der Waals surface area contributed by atoms with Gasteiger partial charge in [-0.2, -0.15) is 5.10 Å². The minimum Gasteiger partial charge on any atom is -0.445 e. The van der Waals surface area contributed by atoms with Crippen LogP contribution < -0.4 is 16.4 Å². The number of pyridine rings is 1. The van der Waals surface area contributed by atoms with Gasteiger partial charge in [-0.1, -0.05) is 42.5 Å². The van der Waals surface area contributed by atoms with Crippen molar-refractivity contribution in [3.05, 3.63) is 83.3 Å². The lowest BCUT2D eigenvalue weighted by atomic mass is 10.2. The lowest BCUT2D eigenvalue weighted by Gasteiger charge is -2.09. The lowest BCUT2D eigenvalue weighted by Crippen LogP contribution is -2.24. The first kappa shape index (κ1) is 26.1. The molecule has 3 heterocycles. The Hall–Kier alpha value is -5.00. The zero-order valence-corrected chi connectivity index (χ0v) is 21.0. The monoisotopic (exact) mass is 516 g/mol. The molecule has 0 aliphatic heterocycles. The van der Waals surface area contributed by atoms with E-state index in [-0.39, 0.29) is 37.1 Å². The van der Waals surface area contributed by atoms with Crippen LogP contribution in [0.15, 0.2) is 60.8 Å². The molecule has 4 aromatic rings. The first-order chi connectivity index (χ1) is 18.4. The molecule has 3 amide bonds. The fourth-order valence-electron chi connectivity index (χ4n) is 3.73. The number of aromatic nitrogens is 5. The second-order valence-corrected chi connectivity index (χ2v) is 8.33. The highest BCUT2D eigenvalue weighted by Crippen LogP contribution is 2.20. The molecule has 0 spiro atoms. The molecule has 38 heavy (non-hydrogen) atoms. The number of primary amides is 1. The molecule has 0 fully saturated rings. The van der Waals surface area contributed by atoms with Crippen molar-refractivity contribution in [3.63, 3.8) is 0 Å². The zero-order chi connectivity index (χ0) is 27.1. The number of hydrogen-bond donors (Lipinski definition) is 3. The van der Waals surface area contributed by atoms with Gasteiger partial charge in [-0.05, 0) is 31.5 Å². The van der Waals surface area contributed by atoms with Crippen molar-refractivity contribution in [2.24, 2.45) is 5.73 Å². The van der Waals surface area contributed by atoms with Gasteiger partial charge in [0.15, 0.2) is 5.65 Å². The number of amides is 3. The van der Waals surface area contributed by atoms with Gasteiger partial charge in [0.1, 0.15) is 17.8 Å². The normalized spacial score (nSPS) is 11.1. The molecule has 4 N–H and O–H groups in total. The molecule has 0 saturated carbocycles. The molecule has 196 valence electrons. The molecule has 0 aliphatic carbocycles. The van der Waals surface area contributed by atoms with E-state index in [4.69, 9.17) is 10.5 Å². The molecular weight excluding hydrogens is 488 g/mol. The number of fused-ring (bicyclic) bond motifs is 1. The molecule has 12 nitrogen and oxygen atoms in total. The van der Waals surface area contributed by atoms with Crippen molar-refractivity contribution in [3.8, 4) is 0 Å². The Labute approximate surface area is 218 Å². The number of carbonyl (C=O) groups excluding carboxylic acids is 3. The molecule has 0 aliphatic rings. The molecular formula is C26H28N8O4. The standard InChI is InChI=1S/C26H28N8O4/c1-3-34-21(13-17(2)32-34)24(36)31-25-30-20-14-19(22(27)35)15-29-23(20)33(25)12-8-7-11-28-26(37)38-16-18-9-5-4-6-10-18/h4-10,13-15H,3,11-12,16H2,1-2H3,(H2,27,35)(H,28,37)(H,30,31,36)/b8-7+. The molecule has 0 atom stereocenters. The molecule has 0 saturated heterocycles. The van der Waals surface area contributed by atoms with Gasteiger partial charge in [0.2, 0.25) is 11.9 Å². The number of aryl methyl sites for hydroxylation is 2. The largest absolute Gasteiger partial charge is 0.445 e. The summed E-state index contributed by atoms with van der Waals surface area (Å²) < 4.78 is 8.48. The van der Waals surface area contributed by atoms with Crippen LogP contribution in [0.25, 0.3) is 11.2 Å². The van der Waals surface area contributed by atoms with E-state index in [1.807, 2.05) is 44.2 Å². The van der Waals surface area contributed by atoms with Crippen LogP contribution in [-0.4, -0.2) is 48.8 Å². The highest BCUT2D eigenvalue weighted by atomic mass is 16.5. The molecule has 12 heteroatoms. The Balaban J connectivity index is 1.46. The highest BCUT2D eigenvalue weighted by Gasteiger charge is 2.19. The van der Waals surface area contributed by atoms with E-state index in [2.05, 4.69) is 25.7 Å². The SMILES string of the molecule is CCn1nc(C)cc1C(=O)Nc1nc2cc(C(N)=O)cnc2n1C/C=C/CNC(=O)OCc1ccccc1. The Morgan fingerprint density at radius 2 is 1.92 bits per heavy atom. The fraction of sp³-hybridized carbons (Fsp3) is 0.231. The number of nitrogens with two attached hydrogens (primary N) is 1. The van der Waals surface area contributed by atoms with Gasteiger partial charge in [0.25, 0.3) is 5.91 Å². The van der Waals surface area contributed by atoms with Gasteiger partial charge >= 0.3 is 6.09 Å². The molecule has 3 aromatic heterocycles. The topological polar surface area (TPSA) is 159 Å². The first-order valence-corrected chi connectivity index (χ1v) is 12.0. The van der Waals surface area contributed by atoms with Crippen LogP contribution in [0.3, 0.4) is 0 Å². The second-order valence-electron chi connectivity index (χ2n) is 8.33. The zero-order valence-electron chi connectivity index (χ0n) is 21.0. The number of nitrogens with one attached hydrogen (secondary N) is 2. The maximum absolute atomic E-state index is 13.0. The van der Waals surface area contributed by atoms with Gasteiger partial charge in [-0.15, -0.1) is 0 Å². The Morgan fingerprint density at radius 3 is 2.66 bits per heavy atom. The van der Waals surface area contributed by atoms with E-state index >= 15 is 0 Å². The third-order valence-electron chi connectivity index (χ3n) is 5.56. The van der Waals surface area contributed by atoms with E-state index in [1.54, 1.807) is 27.5 Å². The minimum atomic E-state index is -0.632. The summed E-state index contributed by atoms with van der Waals surface area (Å²) in [5.74, 6) is -0.779. The number of rotatable bonds is 10. The van der Waals surface area contributed by atoms with Crippen molar-refractivity contribution < 1.29 is 19.1 Å². The number of hydrogen-bond acceptors (Lipinski definition) is 7. The van der Waals surface area contributed by atoms with Gasteiger partial charge in [-0.3, -0.25) is 24.2 Å². The van der Waals surface area contributed by atoms with Crippen LogP contribution in [0, 0.1) is 6.92 Å². The number of carbonyl (C=O) groups is 3. The van der Waals surface area contributed by atoms with Gasteiger partial charge in [-0.25, -0.2) is 14.8 Å². The summed E-state index contributed by atoms with van der Waals surface area (Å²) in [6, 6.07) is 12.6. The number of ether oxygens (including phenoxy) is 1. The second kappa shape index (κ2) is 11.8. The van der Waals surface area contributed by atoms with Crippen LogP contribution >= 0.6 is 0 Å². The molecule has 0 bridgehead atoms. The van der Waals surface area contributed by atoms with Crippen LogP contribution in [0.2, 0.25) is 0 Å². The van der Waals surface area contributed by atoms with E-state index in [9.17, 15) is 14.4 Å². The molecule has 0 unspecified atom stereocenters. The molecule has 1 aromatic carbocycles. The quantitative estimate of drug-likeness (QED) is 0.273.